The molecule has 1 fully saturated rings. The summed E-state index contributed by atoms with van der Waals surface area (Å²) in [5.74, 6) is 1.23. The van der Waals surface area contributed by atoms with Gasteiger partial charge in [0.05, 0.1) is 21.7 Å². The van der Waals surface area contributed by atoms with Crippen molar-refractivity contribution in [1.82, 2.24) is 15.0 Å². The molecule has 0 aliphatic carbocycles. The van der Waals surface area contributed by atoms with E-state index in [1.165, 1.54) is 6.33 Å². The van der Waals surface area contributed by atoms with Gasteiger partial charge in [0.25, 0.3) is 0 Å². The summed E-state index contributed by atoms with van der Waals surface area (Å²) in [7, 11) is -1.01. The molecule has 6 nitrogen and oxygen atoms in total. The second kappa shape index (κ2) is 4.85. The van der Waals surface area contributed by atoms with Crippen molar-refractivity contribution in [1.29, 1.82) is 0 Å². The molecule has 0 N–H and O–H groups in total. The van der Waals surface area contributed by atoms with Crippen LogP contribution < -0.4 is 4.90 Å². The van der Waals surface area contributed by atoms with E-state index in [4.69, 9.17) is 0 Å². The minimum absolute atomic E-state index is 0.0266. The van der Waals surface area contributed by atoms with Crippen molar-refractivity contribution in [3.63, 3.8) is 0 Å². The van der Waals surface area contributed by atoms with Crippen LogP contribution in [-0.2, 0) is 9.84 Å². The number of aromatic nitrogens is 3. The number of sulfone groups is 1. The van der Waals surface area contributed by atoms with E-state index in [2.05, 4.69) is 15.0 Å². The molecule has 22 heavy (non-hydrogen) atoms. The smallest absolute Gasteiger partial charge is 0.152 e. The monoisotopic (exact) mass is 334 g/mol. The first-order chi connectivity index (χ1) is 10.6. The number of rotatable bonds is 2. The van der Waals surface area contributed by atoms with E-state index in [1.807, 2.05) is 24.1 Å². The predicted molar refractivity (Wildman–Crippen MR) is 88.2 cm³/mol. The summed E-state index contributed by atoms with van der Waals surface area (Å²) < 4.78 is 24.4. The maximum Gasteiger partial charge on any atom is 0.152 e. The van der Waals surface area contributed by atoms with Crippen molar-refractivity contribution in [2.24, 2.45) is 0 Å². The van der Waals surface area contributed by atoms with Gasteiger partial charge < -0.3 is 4.90 Å². The topological polar surface area (TPSA) is 76.1 Å². The summed E-state index contributed by atoms with van der Waals surface area (Å²) in [6, 6.07) is 3.86. The highest BCUT2D eigenvalue weighted by Gasteiger charge is 2.32. The molecular weight excluding hydrogens is 320 g/mol. The van der Waals surface area contributed by atoms with Crippen molar-refractivity contribution in [2.75, 3.05) is 23.5 Å². The third-order valence-electron chi connectivity index (χ3n) is 4.10. The molecule has 0 bridgehead atoms. The van der Waals surface area contributed by atoms with Gasteiger partial charge in [-0.15, -0.1) is 11.3 Å². The maximum absolute atomic E-state index is 11.7. The second-order valence-corrected chi connectivity index (χ2v) is 8.73. The van der Waals surface area contributed by atoms with E-state index in [0.29, 0.717) is 6.42 Å². The lowest BCUT2D eigenvalue weighted by Gasteiger charge is -2.24. The van der Waals surface area contributed by atoms with Crippen molar-refractivity contribution in [3.05, 3.63) is 24.7 Å². The molecular formula is C14H14N4O2S2. The van der Waals surface area contributed by atoms with Gasteiger partial charge in [0, 0.05) is 24.7 Å². The first-order valence-electron chi connectivity index (χ1n) is 6.97. The molecule has 0 spiro atoms. The van der Waals surface area contributed by atoms with Gasteiger partial charge in [-0.25, -0.2) is 23.4 Å². The summed E-state index contributed by atoms with van der Waals surface area (Å²) in [5, 5.41) is 1.01. The molecule has 1 unspecified atom stereocenters. The molecule has 0 radical (unpaired) electrons. The predicted octanol–water partition coefficient (Wildman–Crippen LogP) is 1.86. The fourth-order valence-corrected chi connectivity index (χ4v) is 5.81. The summed E-state index contributed by atoms with van der Waals surface area (Å²) in [6.45, 7) is 0. The van der Waals surface area contributed by atoms with Gasteiger partial charge in [-0.2, -0.15) is 0 Å². The lowest BCUT2D eigenvalue weighted by atomic mass is 10.2. The molecule has 1 aliphatic rings. The SMILES string of the molecule is CN(c1ncnc2c1sc1ncccc12)C1CCS(=O)(=O)C1. The molecule has 0 amide bonds. The molecule has 1 saturated heterocycles. The minimum Gasteiger partial charge on any atom is -0.354 e. The molecule has 0 aromatic carbocycles. The van der Waals surface area contributed by atoms with E-state index in [9.17, 15) is 8.42 Å². The highest BCUT2D eigenvalue weighted by Crippen LogP contribution is 2.36. The van der Waals surface area contributed by atoms with Crippen LogP contribution in [0.25, 0.3) is 20.4 Å². The first-order valence-corrected chi connectivity index (χ1v) is 9.60. The Balaban J connectivity index is 1.85. The molecule has 4 heterocycles. The standard InChI is InChI=1S/C14H14N4O2S2/c1-18(9-4-6-22(19,20)7-9)13-12-11(16-8-17-13)10-3-2-5-15-14(10)21-12/h2-3,5,8-9H,4,6-7H2,1H3. The zero-order chi connectivity index (χ0) is 15.3. The zero-order valence-electron chi connectivity index (χ0n) is 11.9. The lowest BCUT2D eigenvalue weighted by molar-refractivity contribution is 0.600. The quantitative estimate of drug-likeness (QED) is 0.712. The molecule has 4 rings (SSSR count). The summed E-state index contributed by atoms with van der Waals surface area (Å²) in [5.41, 5.74) is 0.880. The maximum atomic E-state index is 11.7. The third kappa shape index (κ3) is 2.14. The van der Waals surface area contributed by atoms with Gasteiger partial charge in [-0.05, 0) is 18.6 Å². The van der Waals surface area contributed by atoms with Gasteiger partial charge >= 0.3 is 0 Å². The molecule has 0 saturated carbocycles. The molecule has 1 aliphatic heterocycles. The lowest BCUT2D eigenvalue weighted by Crippen LogP contribution is -2.33. The van der Waals surface area contributed by atoms with E-state index >= 15 is 0 Å². The number of nitrogens with zero attached hydrogens (tertiary/aromatic N) is 4. The van der Waals surface area contributed by atoms with E-state index in [1.54, 1.807) is 17.5 Å². The molecule has 3 aromatic heterocycles. The second-order valence-electron chi connectivity index (χ2n) is 5.50. The largest absolute Gasteiger partial charge is 0.354 e. The zero-order valence-corrected chi connectivity index (χ0v) is 13.6. The minimum atomic E-state index is -2.92. The van der Waals surface area contributed by atoms with Gasteiger partial charge in [0.2, 0.25) is 0 Å². The molecule has 3 aromatic rings. The molecule has 114 valence electrons. The van der Waals surface area contributed by atoms with Crippen LogP contribution in [0, 0.1) is 0 Å². The Bertz CT molecular complexity index is 967. The van der Waals surface area contributed by atoms with E-state index in [-0.39, 0.29) is 17.5 Å². The number of fused-ring (bicyclic) bond motifs is 3. The number of hydrogen-bond acceptors (Lipinski definition) is 7. The van der Waals surface area contributed by atoms with Crippen LogP contribution in [0.1, 0.15) is 6.42 Å². The number of anilines is 1. The van der Waals surface area contributed by atoms with E-state index in [0.717, 1.165) is 26.3 Å². The van der Waals surface area contributed by atoms with Gasteiger partial charge in [-0.3, -0.25) is 0 Å². The van der Waals surface area contributed by atoms with Crippen LogP contribution in [0.5, 0.6) is 0 Å². The third-order valence-corrected chi connectivity index (χ3v) is 6.95. The number of thiophene rings is 1. The van der Waals surface area contributed by atoms with Crippen LogP contribution in [0.2, 0.25) is 0 Å². The van der Waals surface area contributed by atoms with Gasteiger partial charge in [0.1, 0.15) is 17.0 Å². The number of hydrogen-bond donors (Lipinski definition) is 0. The summed E-state index contributed by atoms with van der Waals surface area (Å²) in [6.07, 6.45) is 3.95. The fraction of sp³-hybridized carbons (Fsp3) is 0.357. The Labute approximate surface area is 131 Å². The average Bonchev–Trinajstić information content (AvgIpc) is 3.06. The number of pyridine rings is 1. The van der Waals surface area contributed by atoms with Crippen molar-refractivity contribution in [2.45, 2.75) is 12.5 Å². The van der Waals surface area contributed by atoms with Crippen LogP contribution in [-0.4, -0.2) is 48.0 Å². The van der Waals surface area contributed by atoms with Crippen molar-refractivity contribution < 1.29 is 8.42 Å². The Morgan fingerprint density at radius 2 is 2.18 bits per heavy atom. The van der Waals surface area contributed by atoms with Crippen molar-refractivity contribution >= 4 is 47.4 Å². The molecule has 8 heteroatoms. The Morgan fingerprint density at radius 1 is 1.32 bits per heavy atom. The normalized spacial score (nSPS) is 20.7. The Kier molecular flexibility index (Phi) is 3.05. The summed E-state index contributed by atoms with van der Waals surface area (Å²) >= 11 is 1.55. The average molecular weight is 334 g/mol. The van der Waals surface area contributed by atoms with Crippen molar-refractivity contribution in [3.8, 4) is 0 Å². The molecule has 1 atom stereocenters. The van der Waals surface area contributed by atoms with Gasteiger partial charge in [0.15, 0.2) is 9.84 Å². The highest BCUT2D eigenvalue weighted by molar-refractivity contribution is 7.91. The van der Waals surface area contributed by atoms with E-state index < -0.39 is 9.84 Å². The van der Waals surface area contributed by atoms with Crippen LogP contribution in [0.4, 0.5) is 5.82 Å². The highest BCUT2D eigenvalue weighted by atomic mass is 32.2. The Hall–Kier alpha value is -1.80. The van der Waals surface area contributed by atoms with Crippen LogP contribution >= 0.6 is 11.3 Å². The fourth-order valence-electron chi connectivity index (χ4n) is 2.90. The Morgan fingerprint density at radius 3 is 2.95 bits per heavy atom. The van der Waals surface area contributed by atoms with Crippen LogP contribution in [0.15, 0.2) is 24.7 Å². The van der Waals surface area contributed by atoms with Crippen LogP contribution in [0.3, 0.4) is 0 Å². The first kappa shape index (κ1) is 13.8. The summed E-state index contributed by atoms with van der Waals surface area (Å²) in [4.78, 5) is 16.1. The van der Waals surface area contributed by atoms with Gasteiger partial charge in [-0.1, -0.05) is 0 Å².